The predicted molar refractivity (Wildman–Crippen MR) is 132 cm³/mol. The summed E-state index contributed by atoms with van der Waals surface area (Å²) in [5.74, 6) is 0. The second-order valence-corrected chi connectivity index (χ2v) is 8.45. The molecule has 0 radical (unpaired) electrons. The Morgan fingerprint density at radius 3 is 2.28 bits per heavy atom. The highest BCUT2D eigenvalue weighted by Gasteiger charge is 2.20. The summed E-state index contributed by atoms with van der Waals surface area (Å²) in [5, 5.41) is 10.1. The molecule has 32 heavy (non-hydrogen) atoms. The maximum absolute atomic E-state index is 6.27. The van der Waals surface area contributed by atoms with Gasteiger partial charge in [-0.1, -0.05) is 72.8 Å². The third-order valence-electron chi connectivity index (χ3n) is 6.75. The minimum atomic E-state index is 0.604. The summed E-state index contributed by atoms with van der Waals surface area (Å²) in [7, 11) is 0. The molecule has 0 aliphatic rings. The van der Waals surface area contributed by atoms with Gasteiger partial charge in [-0.3, -0.25) is 4.57 Å². The number of hydrogen-bond donors (Lipinski definition) is 0. The van der Waals surface area contributed by atoms with Crippen molar-refractivity contribution < 1.29 is 4.42 Å². The van der Waals surface area contributed by atoms with Crippen molar-refractivity contribution in [3.63, 3.8) is 0 Å². The lowest BCUT2D eigenvalue weighted by Crippen LogP contribution is -1.95. The molecule has 3 nitrogen and oxygen atoms in total. The summed E-state index contributed by atoms with van der Waals surface area (Å²) in [4.78, 5) is 4.86. The van der Waals surface area contributed by atoms with Gasteiger partial charge in [-0.25, -0.2) is 0 Å². The number of fused-ring (bicyclic) bond motifs is 5. The molecule has 2 heterocycles. The van der Waals surface area contributed by atoms with Gasteiger partial charge in [-0.05, 0) is 51.2 Å². The molecule has 8 rings (SSSR count). The van der Waals surface area contributed by atoms with Gasteiger partial charge in [-0.2, -0.15) is 4.98 Å². The van der Waals surface area contributed by atoms with Crippen molar-refractivity contribution in [1.82, 2.24) is 9.55 Å². The molecule has 0 fully saturated rings. The van der Waals surface area contributed by atoms with Crippen molar-refractivity contribution in [3.05, 3.63) is 97.1 Å². The van der Waals surface area contributed by atoms with Crippen LogP contribution in [0.15, 0.2) is 101 Å². The Bertz CT molecular complexity index is 1940. The van der Waals surface area contributed by atoms with Gasteiger partial charge in [0.25, 0.3) is 0 Å². The van der Waals surface area contributed by atoms with E-state index in [1.165, 1.54) is 43.1 Å². The Labute approximate surface area is 182 Å². The number of nitrogens with zero attached hydrogens (tertiary/aromatic N) is 2. The Morgan fingerprint density at radius 2 is 1.38 bits per heavy atom. The van der Waals surface area contributed by atoms with E-state index in [4.69, 9.17) is 9.40 Å². The van der Waals surface area contributed by atoms with E-state index in [1.54, 1.807) is 0 Å². The summed E-state index contributed by atoms with van der Waals surface area (Å²) in [6.07, 6.45) is 0. The van der Waals surface area contributed by atoms with Gasteiger partial charge in [0.2, 0.25) is 0 Å². The number of benzene rings is 6. The fraction of sp³-hybridized carbons (Fsp3) is 0. The van der Waals surface area contributed by atoms with Crippen molar-refractivity contribution in [2.45, 2.75) is 0 Å². The van der Waals surface area contributed by atoms with Crippen LogP contribution in [-0.2, 0) is 0 Å². The highest BCUT2D eigenvalue weighted by molar-refractivity contribution is 6.31. The van der Waals surface area contributed by atoms with Crippen LogP contribution in [-0.4, -0.2) is 9.55 Å². The Hall–Kier alpha value is -4.37. The molecular formula is C29H16N2O. The molecule has 0 atom stereocenters. The Kier molecular flexibility index (Phi) is 2.89. The maximum Gasteiger partial charge on any atom is 0.307 e. The average molecular weight is 408 g/mol. The predicted octanol–water partition coefficient (Wildman–Crippen LogP) is 7.82. The quantitative estimate of drug-likeness (QED) is 0.259. The highest BCUT2D eigenvalue weighted by Crippen LogP contribution is 2.42. The molecular weight excluding hydrogens is 392 g/mol. The third kappa shape index (κ3) is 1.94. The first-order chi connectivity index (χ1) is 15.9. The zero-order valence-corrected chi connectivity index (χ0v) is 17.0. The van der Waals surface area contributed by atoms with E-state index in [2.05, 4.69) is 77.4 Å². The van der Waals surface area contributed by atoms with E-state index in [0.29, 0.717) is 6.01 Å². The summed E-state index contributed by atoms with van der Waals surface area (Å²) in [6.45, 7) is 0. The molecule has 0 amide bonds. The van der Waals surface area contributed by atoms with Crippen molar-refractivity contribution in [2.24, 2.45) is 0 Å². The van der Waals surface area contributed by atoms with Crippen LogP contribution >= 0.6 is 0 Å². The van der Waals surface area contributed by atoms with Gasteiger partial charge in [0.15, 0.2) is 5.58 Å². The molecule has 0 bridgehead atoms. The second-order valence-electron chi connectivity index (χ2n) is 8.45. The van der Waals surface area contributed by atoms with Crippen LogP contribution in [0, 0.1) is 0 Å². The lowest BCUT2D eigenvalue weighted by molar-refractivity contribution is 0.574. The molecule has 0 spiro atoms. The van der Waals surface area contributed by atoms with Crippen LogP contribution in [0.3, 0.4) is 0 Å². The largest absolute Gasteiger partial charge is 0.423 e. The van der Waals surface area contributed by atoms with Gasteiger partial charge in [0, 0.05) is 16.2 Å². The topological polar surface area (TPSA) is 31.0 Å². The third-order valence-corrected chi connectivity index (χ3v) is 6.75. The van der Waals surface area contributed by atoms with Crippen LogP contribution in [0.4, 0.5) is 0 Å². The summed E-state index contributed by atoms with van der Waals surface area (Å²) in [5.41, 5.74) is 3.91. The van der Waals surface area contributed by atoms with E-state index in [0.717, 1.165) is 22.1 Å². The molecule has 3 heteroatoms. The Balaban J connectivity index is 1.66. The number of aromatic nitrogens is 2. The van der Waals surface area contributed by atoms with Gasteiger partial charge in [0.05, 0.1) is 11.0 Å². The standard InChI is InChI=1S/C29H16N2O/c1-3-10-24-20(8-1)22-16-19-13-12-17-6-5-7-18-14-15-21(27(19)26(17)18)28(22)31(24)29-30-23-9-2-4-11-25(23)32-29/h1-16H. The normalized spacial score (nSPS) is 12.4. The Morgan fingerprint density at radius 1 is 0.594 bits per heavy atom. The number of para-hydroxylation sites is 3. The SMILES string of the molecule is c1cc2ccc3cc4c5ccccc5n(-c5nc6ccccc6o5)c4c4ccc(c1)c2c34. The van der Waals surface area contributed by atoms with E-state index in [-0.39, 0.29) is 0 Å². The monoisotopic (exact) mass is 408 g/mol. The molecule has 6 aromatic carbocycles. The van der Waals surface area contributed by atoms with Gasteiger partial charge in [-0.15, -0.1) is 0 Å². The average Bonchev–Trinajstić information content (AvgIpc) is 3.41. The summed E-state index contributed by atoms with van der Waals surface area (Å²) >= 11 is 0. The lowest BCUT2D eigenvalue weighted by atomic mass is 9.92. The van der Waals surface area contributed by atoms with Crippen molar-refractivity contribution in [3.8, 4) is 6.01 Å². The smallest absolute Gasteiger partial charge is 0.307 e. The summed E-state index contributed by atoms with van der Waals surface area (Å²) < 4.78 is 8.46. The maximum atomic E-state index is 6.27. The van der Waals surface area contributed by atoms with Crippen molar-refractivity contribution in [1.29, 1.82) is 0 Å². The van der Waals surface area contributed by atoms with Crippen LogP contribution in [0.5, 0.6) is 0 Å². The molecule has 0 saturated carbocycles. The molecule has 8 aromatic rings. The van der Waals surface area contributed by atoms with Crippen molar-refractivity contribution >= 4 is 65.2 Å². The van der Waals surface area contributed by atoms with Gasteiger partial charge in [0.1, 0.15) is 5.52 Å². The molecule has 0 aliphatic carbocycles. The summed E-state index contributed by atoms with van der Waals surface area (Å²) in [6, 6.07) is 34.9. The first-order valence-corrected chi connectivity index (χ1v) is 10.8. The molecule has 0 N–H and O–H groups in total. The van der Waals surface area contributed by atoms with Crippen molar-refractivity contribution in [2.75, 3.05) is 0 Å². The molecule has 148 valence electrons. The van der Waals surface area contributed by atoms with Crippen LogP contribution < -0.4 is 0 Å². The number of rotatable bonds is 1. The van der Waals surface area contributed by atoms with Gasteiger partial charge < -0.3 is 4.42 Å². The van der Waals surface area contributed by atoms with Crippen LogP contribution in [0.25, 0.3) is 71.2 Å². The number of hydrogen-bond acceptors (Lipinski definition) is 2. The first-order valence-electron chi connectivity index (χ1n) is 10.8. The first kappa shape index (κ1) is 16.3. The van der Waals surface area contributed by atoms with Crippen LogP contribution in [0.2, 0.25) is 0 Å². The van der Waals surface area contributed by atoms with E-state index in [1.807, 2.05) is 24.3 Å². The molecule has 0 unspecified atom stereocenters. The molecule has 0 aliphatic heterocycles. The fourth-order valence-corrected chi connectivity index (χ4v) is 5.41. The van der Waals surface area contributed by atoms with Gasteiger partial charge >= 0.3 is 6.01 Å². The minimum Gasteiger partial charge on any atom is -0.423 e. The zero-order chi connectivity index (χ0) is 20.8. The van der Waals surface area contributed by atoms with E-state index >= 15 is 0 Å². The lowest BCUT2D eigenvalue weighted by Gasteiger charge is -2.12. The molecule has 2 aromatic heterocycles. The highest BCUT2D eigenvalue weighted by atomic mass is 16.4. The molecule has 0 saturated heterocycles. The van der Waals surface area contributed by atoms with Crippen LogP contribution in [0.1, 0.15) is 0 Å². The zero-order valence-electron chi connectivity index (χ0n) is 17.0. The fourth-order valence-electron chi connectivity index (χ4n) is 5.41. The second kappa shape index (κ2) is 5.65. The van der Waals surface area contributed by atoms with E-state index in [9.17, 15) is 0 Å². The minimum absolute atomic E-state index is 0.604. The number of oxazole rings is 1. The van der Waals surface area contributed by atoms with E-state index < -0.39 is 0 Å².